The summed E-state index contributed by atoms with van der Waals surface area (Å²) in [5.74, 6) is -1.06. The second-order valence-corrected chi connectivity index (χ2v) is 7.00. The molecule has 4 rings (SSSR count). The van der Waals surface area contributed by atoms with E-state index in [4.69, 9.17) is 0 Å². The molecule has 2 heterocycles. The van der Waals surface area contributed by atoms with E-state index in [2.05, 4.69) is 15.3 Å². The number of pyridine rings is 1. The Morgan fingerprint density at radius 2 is 2.04 bits per heavy atom. The second-order valence-electron chi connectivity index (χ2n) is 5.97. The highest BCUT2D eigenvalue weighted by Crippen LogP contribution is 2.39. The zero-order valence-corrected chi connectivity index (χ0v) is 13.9. The van der Waals surface area contributed by atoms with E-state index in [1.165, 1.54) is 12.3 Å². The van der Waals surface area contributed by atoms with Crippen molar-refractivity contribution in [1.29, 1.82) is 0 Å². The number of thiazole rings is 1. The first-order valence-corrected chi connectivity index (χ1v) is 8.51. The molecule has 1 amide bonds. The van der Waals surface area contributed by atoms with Gasteiger partial charge in [-0.3, -0.25) is 9.78 Å². The highest BCUT2D eigenvalue weighted by molar-refractivity contribution is 7.22. The van der Waals surface area contributed by atoms with Crippen LogP contribution in [-0.2, 0) is 11.0 Å². The number of amides is 1. The quantitative estimate of drug-likeness (QED) is 0.671. The Morgan fingerprint density at radius 3 is 2.73 bits per heavy atom. The fraction of sp³-hybridized carbons (Fsp3) is 0.235. The smallest absolute Gasteiger partial charge is 0.302 e. The van der Waals surface area contributed by atoms with Crippen molar-refractivity contribution in [3.8, 4) is 11.1 Å². The Balaban J connectivity index is 1.67. The number of carbonyl (C=O) groups is 1. The van der Waals surface area contributed by atoms with Gasteiger partial charge in [-0.2, -0.15) is 13.2 Å². The number of anilines is 1. The Morgan fingerprint density at radius 1 is 1.27 bits per heavy atom. The number of hydrogen-bond acceptors (Lipinski definition) is 4. The Bertz CT molecular complexity index is 1000. The van der Waals surface area contributed by atoms with Crippen molar-refractivity contribution in [2.45, 2.75) is 18.8 Å². The molecule has 26 heavy (non-hydrogen) atoms. The first kappa shape index (κ1) is 16.9. The molecule has 134 valence electrons. The third kappa shape index (κ3) is 3.14. The van der Waals surface area contributed by atoms with Crippen molar-refractivity contribution in [2.75, 3.05) is 5.32 Å². The van der Waals surface area contributed by atoms with Crippen molar-refractivity contribution >= 4 is 32.6 Å². The van der Waals surface area contributed by atoms with Gasteiger partial charge in [-0.1, -0.05) is 17.4 Å². The number of carbonyl (C=O) groups excluding carboxylic acids is 1. The number of alkyl halides is 4. The molecule has 1 N–H and O–H groups in total. The van der Waals surface area contributed by atoms with Gasteiger partial charge < -0.3 is 5.32 Å². The van der Waals surface area contributed by atoms with Crippen LogP contribution in [0.1, 0.15) is 12.0 Å². The van der Waals surface area contributed by atoms with E-state index in [-0.39, 0.29) is 12.0 Å². The van der Waals surface area contributed by atoms with Crippen molar-refractivity contribution in [3.05, 3.63) is 42.2 Å². The van der Waals surface area contributed by atoms with E-state index in [0.29, 0.717) is 20.9 Å². The highest BCUT2D eigenvalue weighted by Gasteiger charge is 2.43. The summed E-state index contributed by atoms with van der Waals surface area (Å²) in [4.78, 5) is 19.8. The molecule has 0 radical (unpaired) electrons. The number of rotatable bonds is 3. The van der Waals surface area contributed by atoms with Gasteiger partial charge in [0, 0.05) is 18.0 Å². The minimum atomic E-state index is -4.49. The predicted octanol–water partition coefficient (Wildman–Crippen LogP) is 4.67. The van der Waals surface area contributed by atoms with Crippen LogP contribution >= 0.6 is 11.3 Å². The van der Waals surface area contributed by atoms with Gasteiger partial charge in [-0.15, -0.1) is 0 Å². The normalized spacial score (nSPS) is 19.5. The fourth-order valence-electron chi connectivity index (χ4n) is 2.65. The maximum atomic E-state index is 13.2. The number of nitrogens with one attached hydrogen (secondary N) is 1. The van der Waals surface area contributed by atoms with Gasteiger partial charge in [-0.25, -0.2) is 9.37 Å². The lowest BCUT2D eigenvalue weighted by atomic mass is 10.0. The monoisotopic (exact) mass is 381 g/mol. The largest absolute Gasteiger partial charge is 0.417 e. The zero-order valence-electron chi connectivity index (χ0n) is 13.0. The third-order valence-corrected chi connectivity index (χ3v) is 5.04. The molecule has 0 spiro atoms. The first-order valence-electron chi connectivity index (χ1n) is 7.70. The molecule has 0 saturated heterocycles. The third-order valence-electron chi connectivity index (χ3n) is 4.11. The van der Waals surface area contributed by atoms with Crippen LogP contribution in [0.3, 0.4) is 0 Å². The maximum Gasteiger partial charge on any atom is 0.417 e. The summed E-state index contributed by atoms with van der Waals surface area (Å²) >= 11 is 1.13. The topological polar surface area (TPSA) is 54.9 Å². The molecule has 1 aliphatic carbocycles. The molecule has 2 aromatic heterocycles. The fourth-order valence-corrected chi connectivity index (χ4v) is 3.56. The van der Waals surface area contributed by atoms with E-state index in [0.717, 1.165) is 23.6 Å². The molecule has 1 aliphatic rings. The van der Waals surface area contributed by atoms with Gasteiger partial charge in [0.05, 0.1) is 21.7 Å². The van der Waals surface area contributed by atoms with Gasteiger partial charge in [0.25, 0.3) is 0 Å². The number of benzene rings is 1. The van der Waals surface area contributed by atoms with Crippen LogP contribution in [0.5, 0.6) is 0 Å². The lowest BCUT2D eigenvalue weighted by Gasteiger charge is -2.12. The van der Waals surface area contributed by atoms with Crippen LogP contribution in [0, 0.1) is 5.92 Å². The van der Waals surface area contributed by atoms with Crippen LogP contribution < -0.4 is 5.32 Å². The summed E-state index contributed by atoms with van der Waals surface area (Å²) in [6, 6.07) is 5.61. The van der Waals surface area contributed by atoms with Crippen molar-refractivity contribution in [1.82, 2.24) is 9.97 Å². The van der Waals surface area contributed by atoms with Crippen LogP contribution in [0.15, 0.2) is 36.7 Å². The molecule has 2 unspecified atom stereocenters. The summed E-state index contributed by atoms with van der Waals surface area (Å²) < 4.78 is 53.1. The van der Waals surface area contributed by atoms with Crippen LogP contribution in [0.4, 0.5) is 22.7 Å². The van der Waals surface area contributed by atoms with Crippen LogP contribution in [0.25, 0.3) is 21.3 Å². The van der Waals surface area contributed by atoms with Crippen LogP contribution in [-0.4, -0.2) is 22.0 Å². The number of halogens is 4. The Labute approximate surface area is 148 Å². The summed E-state index contributed by atoms with van der Waals surface area (Å²) in [6.07, 6.45) is -3.12. The number of nitrogens with zero attached hydrogens (tertiary/aromatic N) is 2. The molecule has 3 aromatic rings. The summed E-state index contributed by atoms with van der Waals surface area (Å²) in [6.45, 7) is 0. The van der Waals surface area contributed by atoms with Gasteiger partial charge in [0.2, 0.25) is 5.91 Å². The molecule has 1 fully saturated rings. The molecule has 4 nitrogen and oxygen atoms in total. The average molecular weight is 381 g/mol. The van der Waals surface area contributed by atoms with Crippen LogP contribution in [0.2, 0.25) is 0 Å². The molecule has 1 aromatic carbocycles. The Hall–Kier alpha value is -2.55. The molecular weight excluding hydrogens is 370 g/mol. The number of hydrogen-bond donors (Lipinski definition) is 1. The van der Waals surface area contributed by atoms with E-state index >= 15 is 0 Å². The van der Waals surface area contributed by atoms with E-state index in [1.54, 1.807) is 12.1 Å². The SMILES string of the molecule is O=C(Nc1nc2ccc(-c3cnccc3C(F)(F)F)cc2s1)C1CC1F. The lowest BCUT2D eigenvalue weighted by molar-refractivity contribution is -0.137. The van der Waals surface area contributed by atoms with E-state index in [9.17, 15) is 22.4 Å². The van der Waals surface area contributed by atoms with Gasteiger partial charge in [0.1, 0.15) is 6.17 Å². The summed E-state index contributed by atoms with van der Waals surface area (Å²) in [7, 11) is 0. The minimum Gasteiger partial charge on any atom is -0.302 e. The minimum absolute atomic E-state index is 0.0286. The second kappa shape index (κ2) is 6.01. The maximum absolute atomic E-state index is 13.2. The standard InChI is InChI=1S/C17H11F4N3OS/c18-12-6-9(12)15(25)24-16-23-13-2-1-8(5-14(13)26-16)10-7-22-4-3-11(10)17(19,20)21/h1-5,7,9,12H,6H2,(H,23,24,25). The summed E-state index contributed by atoms with van der Waals surface area (Å²) in [5, 5.41) is 2.85. The van der Waals surface area contributed by atoms with Crippen molar-refractivity contribution in [2.24, 2.45) is 5.92 Å². The van der Waals surface area contributed by atoms with E-state index < -0.39 is 29.7 Å². The molecule has 1 saturated carbocycles. The summed E-state index contributed by atoms with van der Waals surface area (Å²) in [5.41, 5.74) is 0.0938. The van der Waals surface area contributed by atoms with Gasteiger partial charge >= 0.3 is 6.18 Å². The number of aromatic nitrogens is 2. The van der Waals surface area contributed by atoms with Crippen molar-refractivity contribution in [3.63, 3.8) is 0 Å². The van der Waals surface area contributed by atoms with Crippen molar-refractivity contribution < 1.29 is 22.4 Å². The van der Waals surface area contributed by atoms with E-state index in [1.807, 2.05) is 0 Å². The number of fused-ring (bicyclic) bond motifs is 1. The highest BCUT2D eigenvalue weighted by atomic mass is 32.1. The molecule has 9 heteroatoms. The predicted molar refractivity (Wildman–Crippen MR) is 89.5 cm³/mol. The molecule has 2 atom stereocenters. The molecular formula is C17H11F4N3OS. The van der Waals surface area contributed by atoms with Gasteiger partial charge in [0.15, 0.2) is 5.13 Å². The zero-order chi connectivity index (χ0) is 18.5. The molecule has 0 aliphatic heterocycles. The van der Waals surface area contributed by atoms with Gasteiger partial charge in [-0.05, 0) is 30.2 Å². The lowest BCUT2D eigenvalue weighted by Crippen LogP contribution is -2.14. The molecule has 0 bridgehead atoms. The Kier molecular flexibility index (Phi) is 3.91. The average Bonchev–Trinajstić information content (AvgIpc) is 3.19. The first-order chi connectivity index (χ1) is 12.3.